The number of carbonyl (C=O) groups excluding carboxylic acids is 1. The van der Waals surface area contributed by atoms with E-state index in [9.17, 15) is 13.2 Å². The molecule has 1 aliphatic heterocycles. The SMILES string of the molecule is C=C(C)S(=O)(=O)N1CCN(C(=O)OC(C)(C)C)CC1. The van der Waals surface area contributed by atoms with E-state index < -0.39 is 21.7 Å². The van der Waals surface area contributed by atoms with Crippen LogP contribution in [0, 0.1) is 0 Å². The summed E-state index contributed by atoms with van der Waals surface area (Å²) < 4.78 is 30.4. The predicted molar refractivity (Wildman–Crippen MR) is 73.1 cm³/mol. The van der Waals surface area contributed by atoms with E-state index >= 15 is 0 Å². The molecule has 1 saturated heterocycles. The quantitative estimate of drug-likeness (QED) is 0.771. The summed E-state index contributed by atoms with van der Waals surface area (Å²) in [6.45, 7) is 11.5. The Balaban J connectivity index is 2.59. The maximum Gasteiger partial charge on any atom is 0.410 e. The first-order valence-electron chi connectivity index (χ1n) is 6.17. The number of hydrogen-bond acceptors (Lipinski definition) is 4. The van der Waals surface area contributed by atoms with E-state index in [0.717, 1.165) is 0 Å². The normalized spacial score (nSPS) is 18.2. The van der Waals surface area contributed by atoms with E-state index in [-0.39, 0.29) is 18.0 Å². The summed E-state index contributed by atoms with van der Waals surface area (Å²) in [5, 5.41) is 0. The minimum absolute atomic E-state index is 0.123. The van der Waals surface area contributed by atoms with E-state index in [2.05, 4.69) is 6.58 Å². The molecule has 1 fully saturated rings. The summed E-state index contributed by atoms with van der Waals surface area (Å²) in [4.78, 5) is 13.5. The third-order valence-corrected chi connectivity index (χ3v) is 4.60. The number of allylic oxidation sites excluding steroid dienone is 1. The molecular formula is C12H22N2O4S. The van der Waals surface area contributed by atoms with Crippen LogP contribution >= 0.6 is 0 Å². The molecular weight excluding hydrogens is 268 g/mol. The van der Waals surface area contributed by atoms with Gasteiger partial charge in [-0.2, -0.15) is 4.31 Å². The van der Waals surface area contributed by atoms with E-state index in [1.165, 1.54) is 16.1 Å². The van der Waals surface area contributed by atoms with Crippen LogP contribution in [0.15, 0.2) is 11.5 Å². The molecule has 1 rings (SSSR count). The van der Waals surface area contributed by atoms with Crippen molar-refractivity contribution in [2.45, 2.75) is 33.3 Å². The summed E-state index contributed by atoms with van der Waals surface area (Å²) in [6.07, 6.45) is -0.403. The third-order valence-electron chi connectivity index (χ3n) is 2.67. The molecule has 0 aliphatic carbocycles. The fraction of sp³-hybridized carbons (Fsp3) is 0.750. The van der Waals surface area contributed by atoms with Crippen LogP contribution in [-0.2, 0) is 14.8 Å². The Hall–Kier alpha value is -1.08. The number of rotatable bonds is 2. The van der Waals surface area contributed by atoms with Gasteiger partial charge in [-0.05, 0) is 27.7 Å². The van der Waals surface area contributed by atoms with Crippen molar-refractivity contribution in [2.75, 3.05) is 26.2 Å². The number of nitrogens with zero attached hydrogens (tertiary/aromatic N) is 2. The minimum atomic E-state index is -3.42. The standard InChI is InChI=1S/C12H22N2O4S/c1-10(2)19(16,17)14-8-6-13(7-9-14)11(15)18-12(3,4)5/h1,6-9H2,2-5H3. The lowest BCUT2D eigenvalue weighted by atomic mass is 10.2. The molecule has 110 valence electrons. The Labute approximate surface area is 115 Å². The van der Waals surface area contributed by atoms with Crippen LogP contribution in [-0.4, -0.2) is 55.5 Å². The van der Waals surface area contributed by atoms with Crippen LogP contribution in [0.5, 0.6) is 0 Å². The van der Waals surface area contributed by atoms with Crippen LogP contribution in [0.3, 0.4) is 0 Å². The van der Waals surface area contributed by atoms with Crippen molar-refractivity contribution in [1.82, 2.24) is 9.21 Å². The van der Waals surface area contributed by atoms with Crippen molar-refractivity contribution in [3.8, 4) is 0 Å². The van der Waals surface area contributed by atoms with Crippen LogP contribution in [0.2, 0.25) is 0 Å². The van der Waals surface area contributed by atoms with Gasteiger partial charge in [0, 0.05) is 31.1 Å². The molecule has 0 atom stereocenters. The van der Waals surface area contributed by atoms with Gasteiger partial charge in [0.1, 0.15) is 5.60 Å². The van der Waals surface area contributed by atoms with E-state index in [1.54, 1.807) is 20.8 Å². The van der Waals surface area contributed by atoms with Crippen molar-refractivity contribution in [3.63, 3.8) is 0 Å². The van der Waals surface area contributed by atoms with Gasteiger partial charge in [0.15, 0.2) is 0 Å². The fourth-order valence-electron chi connectivity index (χ4n) is 1.66. The molecule has 0 saturated carbocycles. The van der Waals surface area contributed by atoms with Gasteiger partial charge in [0.25, 0.3) is 0 Å². The van der Waals surface area contributed by atoms with Crippen LogP contribution < -0.4 is 0 Å². The summed E-state index contributed by atoms with van der Waals surface area (Å²) >= 11 is 0. The number of amides is 1. The van der Waals surface area contributed by atoms with Crippen molar-refractivity contribution < 1.29 is 17.9 Å². The second-order valence-corrected chi connectivity index (χ2v) is 7.74. The highest BCUT2D eigenvalue weighted by atomic mass is 32.2. The molecule has 0 aromatic carbocycles. The average Bonchev–Trinajstić information content (AvgIpc) is 2.26. The molecule has 0 spiro atoms. The van der Waals surface area contributed by atoms with Crippen molar-refractivity contribution >= 4 is 16.1 Å². The molecule has 6 nitrogen and oxygen atoms in total. The highest BCUT2D eigenvalue weighted by Gasteiger charge is 2.31. The van der Waals surface area contributed by atoms with Gasteiger partial charge in [-0.3, -0.25) is 0 Å². The highest BCUT2D eigenvalue weighted by Crippen LogP contribution is 2.16. The Morgan fingerprint density at radius 3 is 2.00 bits per heavy atom. The number of carbonyl (C=O) groups is 1. The lowest BCUT2D eigenvalue weighted by molar-refractivity contribution is 0.0193. The van der Waals surface area contributed by atoms with Crippen molar-refractivity contribution in [2.24, 2.45) is 0 Å². The van der Waals surface area contributed by atoms with E-state index in [0.29, 0.717) is 13.1 Å². The minimum Gasteiger partial charge on any atom is -0.444 e. The predicted octanol–water partition coefficient (Wildman–Crippen LogP) is 1.40. The number of ether oxygens (including phenoxy) is 1. The second kappa shape index (κ2) is 5.50. The molecule has 0 radical (unpaired) electrons. The largest absolute Gasteiger partial charge is 0.444 e. The first-order chi connectivity index (χ1) is 8.54. The topological polar surface area (TPSA) is 66.9 Å². The zero-order valence-electron chi connectivity index (χ0n) is 12.0. The molecule has 19 heavy (non-hydrogen) atoms. The summed E-state index contributed by atoms with van der Waals surface area (Å²) in [7, 11) is -3.42. The Kier molecular flexibility index (Phi) is 4.63. The number of piperazine rings is 1. The van der Waals surface area contributed by atoms with Gasteiger partial charge in [0.2, 0.25) is 10.0 Å². The molecule has 0 aromatic rings. The first kappa shape index (κ1) is 16.0. The van der Waals surface area contributed by atoms with Crippen molar-refractivity contribution in [1.29, 1.82) is 0 Å². The monoisotopic (exact) mass is 290 g/mol. The summed E-state index contributed by atoms with van der Waals surface area (Å²) in [5.74, 6) is 0. The molecule has 0 bridgehead atoms. The lowest BCUT2D eigenvalue weighted by Crippen LogP contribution is -2.51. The van der Waals surface area contributed by atoms with Gasteiger partial charge in [-0.15, -0.1) is 0 Å². The Morgan fingerprint density at radius 2 is 1.63 bits per heavy atom. The zero-order valence-corrected chi connectivity index (χ0v) is 12.8. The lowest BCUT2D eigenvalue weighted by Gasteiger charge is -2.34. The Morgan fingerprint density at radius 1 is 1.16 bits per heavy atom. The van der Waals surface area contributed by atoms with Gasteiger partial charge < -0.3 is 9.64 Å². The smallest absolute Gasteiger partial charge is 0.410 e. The zero-order chi connectivity index (χ0) is 14.8. The van der Waals surface area contributed by atoms with Crippen LogP contribution in [0.1, 0.15) is 27.7 Å². The summed E-state index contributed by atoms with van der Waals surface area (Å²) in [6, 6.07) is 0. The van der Waals surface area contributed by atoms with E-state index in [4.69, 9.17) is 4.74 Å². The molecule has 0 aromatic heterocycles. The molecule has 1 aliphatic rings. The molecule has 7 heteroatoms. The first-order valence-corrected chi connectivity index (χ1v) is 7.61. The Bertz CT molecular complexity index is 457. The number of sulfonamides is 1. The maximum atomic E-state index is 11.9. The molecule has 1 heterocycles. The van der Waals surface area contributed by atoms with Gasteiger partial charge in [-0.1, -0.05) is 6.58 Å². The second-order valence-electron chi connectivity index (χ2n) is 5.57. The van der Waals surface area contributed by atoms with Crippen LogP contribution in [0.25, 0.3) is 0 Å². The van der Waals surface area contributed by atoms with Gasteiger partial charge in [0.05, 0.1) is 0 Å². The third kappa shape index (κ3) is 4.21. The van der Waals surface area contributed by atoms with Crippen molar-refractivity contribution in [3.05, 3.63) is 11.5 Å². The van der Waals surface area contributed by atoms with Gasteiger partial charge >= 0.3 is 6.09 Å². The molecule has 1 amide bonds. The average molecular weight is 290 g/mol. The summed E-state index contributed by atoms with van der Waals surface area (Å²) in [5.41, 5.74) is -0.544. The maximum absolute atomic E-state index is 11.9. The van der Waals surface area contributed by atoms with Crippen LogP contribution in [0.4, 0.5) is 4.79 Å². The number of hydrogen-bond donors (Lipinski definition) is 0. The van der Waals surface area contributed by atoms with Gasteiger partial charge in [-0.25, -0.2) is 13.2 Å². The fourth-order valence-corrected chi connectivity index (χ4v) is 2.74. The molecule has 0 N–H and O–H groups in total. The highest BCUT2D eigenvalue weighted by molar-refractivity contribution is 7.92. The molecule has 0 unspecified atom stereocenters. The van der Waals surface area contributed by atoms with E-state index in [1.807, 2.05) is 0 Å².